The molecule has 0 aliphatic heterocycles. The van der Waals surface area contributed by atoms with Crippen LogP contribution in [-0.2, 0) is 4.94 Å². The maximum absolute atomic E-state index is 11.5. The van der Waals surface area contributed by atoms with E-state index in [4.69, 9.17) is 0 Å². The van der Waals surface area contributed by atoms with Crippen LogP contribution >= 0.6 is 0 Å². The van der Waals surface area contributed by atoms with Crippen LogP contribution in [0.4, 0.5) is 4.53 Å². The smallest absolute Gasteiger partial charge is 0.0955 e. The summed E-state index contributed by atoms with van der Waals surface area (Å²) < 4.78 is 11.5. The van der Waals surface area contributed by atoms with Crippen molar-refractivity contribution in [2.45, 2.75) is 59.0 Å². The lowest BCUT2D eigenvalue weighted by Gasteiger charge is -2.08. The first-order chi connectivity index (χ1) is 5.70. The van der Waals surface area contributed by atoms with E-state index in [2.05, 4.69) is 18.8 Å². The van der Waals surface area contributed by atoms with Crippen molar-refractivity contribution < 1.29 is 9.47 Å². The molecule has 0 aromatic carbocycles. The molecule has 0 rings (SSSR count). The predicted octanol–water partition coefficient (Wildman–Crippen LogP) is 3.88. The molecule has 0 saturated heterocycles. The molecule has 0 amide bonds. The van der Waals surface area contributed by atoms with Crippen molar-refractivity contribution in [1.29, 1.82) is 0 Å². The van der Waals surface area contributed by atoms with E-state index < -0.39 is 0 Å². The Morgan fingerprint density at radius 1 is 1.17 bits per heavy atom. The predicted molar refractivity (Wildman–Crippen MR) is 49.6 cm³/mol. The van der Waals surface area contributed by atoms with E-state index in [1.54, 1.807) is 6.92 Å². The fraction of sp³-hybridized carbons (Fsp3) is 1.00. The minimum absolute atomic E-state index is 0.220. The Kier molecular flexibility index (Phi) is 7.47. The van der Waals surface area contributed by atoms with Crippen molar-refractivity contribution in [2.24, 2.45) is 5.92 Å². The standard InChI is InChI=1S/C10H21FO/c1-4-9(2)7-5-6-8-10(3)12-11/h9-10H,4-8H2,1-3H3. The van der Waals surface area contributed by atoms with Crippen molar-refractivity contribution >= 4 is 0 Å². The highest BCUT2D eigenvalue weighted by molar-refractivity contribution is 4.53. The molecule has 2 heteroatoms. The molecule has 2 unspecified atom stereocenters. The van der Waals surface area contributed by atoms with E-state index in [0.717, 1.165) is 18.8 Å². The summed E-state index contributed by atoms with van der Waals surface area (Å²) in [5.41, 5.74) is 0. The van der Waals surface area contributed by atoms with Crippen molar-refractivity contribution in [3.63, 3.8) is 0 Å². The fourth-order valence-corrected chi connectivity index (χ4v) is 1.17. The van der Waals surface area contributed by atoms with Crippen molar-refractivity contribution in [3.8, 4) is 0 Å². The topological polar surface area (TPSA) is 9.23 Å². The van der Waals surface area contributed by atoms with Crippen LogP contribution in [0.5, 0.6) is 0 Å². The molecule has 0 aromatic rings. The molecule has 2 atom stereocenters. The molecule has 0 heterocycles. The van der Waals surface area contributed by atoms with Crippen molar-refractivity contribution in [3.05, 3.63) is 0 Å². The van der Waals surface area contributed by atoms with Gasteiger partial charge in [0.25, 0.3) is 0 Å². The Morgan fingerprint density at radius 3 is 2.25 bits per heavy atom. The quantitative estimate of drug-likeness (QED) is 0.535. The molecule has 0 fully saturated rings. The highest BCUT2D eigenvalue weighted by Crippen LogP contribution is 2.13. The van der Waals surface area contributed by atoms with Gasteiger partial charge in [-0.2, -0.15) is 4.94 Å². The monoisotopic (exact) mass is 176 g/mol. The van der Waals surface area contributed by atoms with Crippen LogP contribution in [0.15, 0.2) is 0 Å². The second kappa shape index (κ2) is 7.53. The molecule has 0 bridgehead atoms. The molecule has 0 saturated carbocycles. The Morgan fingerprint density at radius 2 is 1.75 bits per heavy atom. The zero-order valence-corrected chi connectivity index (χ0v) is 8.48. The summed E-state index contributed by atoms with van der Waals surface area (Å²) in [6.07, 6.45) is 5.40. The van der Waals surface area contributed by atoms with Crippen molar-refractivity contribution in [1.82, 2.24) is 0 Å². The lowest BCUT2D eigenvalue weighted by Crippen LogP contribution is -2.02. The molecule has 0 radical (unpaired) electrons. The fourth-order valence-electron chi connectivity index (χ4n) is 1.17. The summed E-state index contributed by atoms with van der Waals surface area (Å²) in [5.74, 6) is 0.812. The molecule has 0 N–H and O–H groups in total. The van der Waals surface area contributed by atoms with Gasteiger partial charge >= 0.3 is 0 Å². The molecule has 1 nitrogen and oxygen atoms in total. The summed E-state index contributed by atoms with van der Waals surface area (Å²) in [6, 6.07) is 0. The first-order valence-corrected chi connectivity index (χ1v) is 4.98. The van der Waals surface area contributed by atoms with Crippen LogP contribution in [0.3, 0.4) is 0 Å². The third-order valence-corrected chi connectivity index (χ3v) is 2.41. The van der Waals surface area contributed by atoms with E-state index in [-0.39, 0.29) is 6.10 Å². The lowest BCUT2D eigenvalue weighted by molar-refractivity contribution is -0.174. The molecular formula is C10H21FO. The zero-order chi connectivity index (χ0) is 9.40. The number of hydrogen-bond donors (Lipinski definition) is 0. The van der Waals surface area contributed by atoms with Gasteiger partial charge in [0, 0.05) is 0 Å². The molecule has 0 spiro atoms. The Balaban J connectivity index is 3.10. The van der Waals surface area contributed by atoms with Crippen molar-refractivity contribution in [2.75, 3.05) is 0 Å². The normalized spacial score (nSPS) is 16.0. The molecule has 0 aliphatic carbocycles. The van der Waals surface area contributed by atoms with E-state index >= 15 is 0 Å². The zero-order valence-electron chi connectivity index (χ0n) is 8.48. The minimum atomic E-state index is -0.220. The Hall–Kier alpha value is -0.110. The second-order valence-corrected chi connectivity index (χ2v) is 3.70. The number of hydrogen-bond acceptors (Lipinski definition) is 1. The van der Waals surface area contributed by atoms with Gasteiger partial charge in [-0.15, -0.1) is 0 Å². The van der Waals surface area contributed by atoms with Gasteiger partial charge in [0.15, 0.2) is 0 Å². The first kappa shape index (κ1) is 11.9. The second-order valence-electron chi connectivity index (χ2n) is 3.70. The summed E-state index contributed by atoms with van der Waals surface area (Å²) >= 11 is 0. The average molecular weight is 176 g/mol. The summed E-state index contributed by atoms with van der Waals surface area (Å²) in [4.78, 5) is 3.68. The van der Waals surface area contributed by atoms with Crippen LogP contribution in [0.25, 0.3) is 0 Å². The van der Waals surface area contributed by atoms with Gasteiger partial charge < -0.3 is 0 Å². The van der Waals surface area contributed by atoms with E-state index in [1.807, 2.05) is 0 Å². The highest BCUT2D eigenvalue weighted by atomic mass is 19.3. The number of halogens is 1. The van der Waals surface area contributed by atoms with Gasteiger partial charge in [-0.25, -0.2) is 0 Å². The molecule has 0 aromatic heterocycles. The van der Waals surface area contributed by atoms with Crippen LogP contribution in [-0.4, -0.2) is 6.10 Å². The molecule has 12 heavy (non-hydrogen) atoms. The van der Waals surface area contributed by atoms with E-state index in [0.29, 0.717) is 0 Å². The van der Waals surface area contributed by atoms with Gasteiger partial charge in [-0.05, 0) is 23.8 Å². The Labute approximate surface area is 75.2 Å². The largest absolute Gasteiger partial charge is 0.191 e. The summed E-state index contributed by atoms with van der Waals surface area (Å²) in [6.45, 7) is 6.23. The SMILES string of the molecule is CCC(C)CCCCC(C)OF. The van der Waals surface area contributed by atoms with Crippen LogP contribution < -0.4 is 0 Å². The van der Waals surface area contributed by atoms with Crippen LogP contribution in [0.1, 0.15) is 52.9 Å². The van der Waals surface area contributed by atoms with Gasteiger partial charge in [-0.3, -0.25) is 0 Å². The summed E-state index contributed by atoms with van der Waals surface area (Å²) in [5, 5.41) is 0. The third-order valence-electron chi connectivity index (χ3n) is 2.41. The maximum atomic E-state index is 11.5. The maximum Gasteiger partial charge on any atom is 0.0955 e. The molecular weight excluding hydrogens is 155 g/mol. The van der Waals surface area contributed by atoms with Crippen LogP contribution in [0, 0.1) is 5.92 Å². The third kappa shape index (κ3) is 6.59. The Bertz CT molecular complexity index is 83.8. The van der Waals surface area contributed by atoms with Gasteiger partial charge in [-0.1, -0.05) is 39.5 Å². The van der Waals surface area contributed by atoms with E-state index in [9.17, 15) is 4.53 Å². The first-order valence-electron chi connectivity index (χ1n) is 4.98. The number of rotatable bonds is 7. The molecule has 0 aliphatic rings. The molecule has 74 valence electrons. The lowest BCUT2D eigenvalue weighted by atomic mass is 10.0. The van der Waals surface area contributed by atoms with Gasteiger partial charge in [0.05, 0.1) is 6.10 Å². The van der Waals surface area contributed by atoms with E-state index in [1.165, 1.54) is 19.3 Å². The average Bonchev–Trinajstić information content (AvgIpc) is 2.11. The minimum Gasteiger partial charge on any atom is -0.191 e. The highest BCUT2D eigenvalue weighted by Gasteiger charge is 2.02. The van der Waals surface area contributed by atoms with Crippen LogP contribution in [0.2, 0.25) is 0 Å². The van der Waals surface area contributed by atoms with Gasteiger partial charge in [0.2, 0.25) is 0 Å². The summed E-state index contributed by atoms with van der Waals surface area (Å²) in [7, 11) is 0. The number of unbranched alkanes of at least 4 members (excludes halogenated alkanes) is 1. The van der Waals surface area contributed by atoms with Gasteiger partial charge in [0.1, 0.15) is 0 Å².